The highest BCUT2D eigenvalue weighted by molar-refractivity contribution is 4.71. The van der Waals surface area contributed by atoms with Crippen molar-refractivity contribution < 1.29 is 14.2 Å². The summed E-state index contributed by atoms with van der Waals surface area (Å²) < 4.78 is 16.3. The summed E-state index contributed by atoms with van der Waals surface area (Å²) in [7, 11) is 0. The molecule has 1 saturated carbocycles. The minimum absolute atomic E-state index is 0.421. The first-order valence-corrected chi connectivity index (χ1v) is 9.72. The molecule has 1 atom stereocenters. The standard InChI is InChI=1S/C19H36O3/c1(3-5-7-9-13-20-15-18-11-12-18)2-4-6-8-10-14-21-16-19-17-22-19/h18-19H,1-17H2. The molecule has 3 nitrogen and oxygen atoms in total. The first-order valence-electron chi connectivity index (χ1n) is 9.72. The highest BCUT2D eigenvalue weighted by Crippen LogP contribution is 2.28. The Balaban J connectivity index is 1.16. The fourth-order valence-electron chi connectivity index (χ4n) is 2.74. The van der Waals surface area contributed by atoms with E-state index < -0.39 is 0 Å². The average molecular weight is 312 g/mol. The lowest BCUT2D eigenvalue weighted by atomic mass is 10.1. The molecular formula is C19H36O3. The first-order chi connectivity index (χ1) is 10.9. The predicted octanol–water partition coefficient (Wildman–Crippen LogP) is 4.73. The quantitative estimate of drug-likeness (QED) is 0.287. The van der Waals surface area contributed by atoms with Crippen LogP contribution in [0.2, 0.25) is 0 Å². The summed E-state index contributed by atoms with van der Waals surface area (Å²) in [5, 5.41) is 0. The van der Waals surface area contributed by atoms with Gasteiger partial charge in [0.2, 0.25) is 0 Å². The molecule has 22 heavy (non-hydrogen) atoms. The molecule has 0 amide bonds. The Morgan fingerprint density at radius 3 is 1.55 bits per heavy atom. The van der Waals surface area contributed by atoms with Crippen molar-refractivity contribution in [3.05, 3.63) is 0 Å². The monoisotopic (exact) mass is 312 g/mol. The van der Waals surface area contributed by atoms with Crippen LogP contribution < -0.4 is 0 Å². The molecule has 1 aliphatic heterocycles. The summed E-state index contributed by atoms with van der Waals surface area (Å²) in [4.78, 5) is 0. The van der Waals surface area contributed by atoms with Gasteiger partial charge in [0, 0.05) is 19.8 Å². The van der Waals surface area contributed by atoms with Crippen molar-refractivity contribution in [2.24, 2.45) is 5.92 Å². The van der Waals surface area contributed by atoms with Crippen molar-refractivity contribution in [2.75, 3.05) is 33.0 Å². The van der Waals surface area contributed by atoms with E-state index in [1.54, 1.807) is 0 Å². The van der Waals surface area contributed by atoms with Crippen LogP contribution in [-0.4, -0.2) is 39.1 Å². The zero-order valence-electron chi connectivity index (χ0n) is 14.4. The first kappa shape index (κ1) is 18.2. The molecule has 2 aliphatic rings. The lowest BCUT2D eigenvalue weighted by molar-refractivity contribution is 0.113. The van der Waals surface area contributed by atoms with E-state index >= 15 is 0 Å². The summed E-state index contributed by atoms with van der Waals surface area (Å²) >= 11 is 0. The Kier molecular flexibility index (Phi) is 10.2. The third kappa shape index (κ3) is 11.4. The van der Waals surface area contributed by atoms with Gasteiger partial charge in [0.15, 0.2) is 0 Å². The molecule has 0 aromatic carbocycles. The molecule has 2 rings (SSSR count). The summed E-state index contributed by atoms with van der Waals surface area (Å²) in [6.45, 7) is 4.66. The molecule has 0 spiro atoms. The Hall–Kier alpha value is -0.120. The van der Waals surface area contributed by atoms with Crippen molar-refractivity contribution >= 4 is 0 Å². The predicted molar refractivity (Wildman–Crippen MR) is 90.3 cm³/mol. The van der Waals surface area contributed by atoms with Gasteiger partial charge >= 0.3 is 0 Å². The molecule has 1 heterocycles. The summed E-state index contributed by atoms with van der Waals surface area (Å²) in [6, 6.07) is 0. The van der Waals surface area contributed by atoms with Gasteiger partial charge in [-0.2, -0.15) is 0 Å². The maximum Gasteiger partial charge on any atom is 0.104 e. The highest BCUT2D eigenvalue weighted by Gasteiger charge is 2.22. The Bertz CT molecular complexity index is 223. The van der Waals surface area contributed by atoms with E-state index in [2.05, 4.69) is 0 Å². The van der Waals surface area contributed by atoms with Crippen molar-refractivity contribution in [3.8, 4) is 0 Å². The largest absolute Gasteiger partial charge is 0.381 e. The maximum absolute atomic E-state index is 5.66. The second-order valence-electron chi connectivity index (χ2n) is 7.08. The molecular weight excluding hydrogens is 276 g/mol. The Morgan fingerprint density at radius 1 is 0.636 bits per heavy atom. The van der Waals surface area contributed by atoms with Gasteiger partial charge in [0.1, 0.15) is 6.10 Å². The van der Waals surface area contributed by atoms with Gasteiger partial charge in [0.05, 0.1) is 13.2 Å². The minimum atomic E-state index is 0.421. The van der Waals surface area contributed by atoms with Crippen LogP contribution in [-0.2, 0) is 14.2 Å². The highest BCUT2D eigenvalue weighted by atomic mass is 16.6. The lowest BCUT2D eigenvalue weighted by Gasteiger charge is -2.04. The van der Waals surface area contributed by atoms with Gasteiger partial charge in [-0.15, -0.1) is 0 Å². The zero-order valence-corrected chi connectivity index (χ0v) is 14.4. The van der Waals surface area contributed by atoms with Crippen molar-refractivity contribution in [2.45, 2.75) is 83.2 Å². The fraction of sp³-hybridized carbons (Fsp3) is 1.00. The number of hydrogen-bond donors (Lipinski definition) is 0. The molecule has 0 bridgehead atoms. The van der Waals surface area contributed by atoms with E-state index in [0.29, 0.717) is 6.10 Å². The van der Waals surface area contributed by atoms with E-state index in [1.165, 1.54) is 77.0 Å². The van der Waals surface area contributed by atoms with Gasteiger partial charge in [-0.3, -0.25) is 0 Å². The second-order valence-corrected chi connectivity index (χ2v) is 7.08. The van der Waals surface area contributed by atoms with Crippen molar-refractivity contribution in [1.29, 1.82) is 0 Å². The number of ether oxygens (including phenoxy) is 3. The lowest BCUT2D eigenvalue weighted by Crippen LogP contribution is -2.02. The maximum atomic E-state index is 5.66. The number of hydrogen-bond acceptors (Lipinski definition) is 3. The van der Waals surface area contributed by atoms with Crippen LogP contribution >= 0.6 is 0 Å². The normalized spacial score (nSPS) is 20.5. The van der Waals surface area contributed by atoms with Gasteiger partial charge in [-0.1, -0.05) is 51.4 Å². The molecule has 3 heteroatoms. The summed E-state index contributed by atoms with van der Waals surface area (Å²) in [5.74, 6) is 0.916. The van der Waals surface area contributed by atoms with Crippen LogP contribution in [0.4, 0.5) is 0 Å². The van der Waals surface area contributed by atoms with Gasteiger partial charge < -0.3 is 14.2 Å². The minimum Gasteiger partial charge on any atom is -0.381 e. The third-order valence-electron chi connectivity index (χ3n) is 4.58. The second kappa shape index (κ2) is 12.3. The van der Waals surface area contributed by atoms with Crippen LogP contribution in [0, 0.1) is 5.92 Å². The number of rotatable bonds is 17. The van der Waals surface area contributed by atoms with Gasteiger partial charge in [-0.05, 0) is 31.6 Å². The molecule has 2 fully saturated rings. The van der Waals surface area contributed by atoms with E-state index in [-0.39, 0.29) is 0 Å². The molecule has 0 N–H and O–H groups in total. The molecule has 1 unspecified atom stereocenters. The van der Waals surface area contributed by atoms with Crippen LogP contribution in [0.25, 0.3) is 0 Å². The van der Waals surface area contributed by atoms with Crippen LogP contribution in [0.15, 0.2) is 0 Å². The van der Waals surface area contributed by atoms with Crippen LogP contribution in [0.5, 0.6) is 0 Å². The molecule has 0 radical (unpaired) electrons. The van der Waals surface area contributed by atoms with Crippen LogP contribution in [0.1, 0.15) is 77.0 Å². The summed E-state index contributed by atoms with van der Waals surface area (Å²) in [6.07, 6.45) is 16.8. The topological polar surface area (TPSA) is 31.0 Å². The van der Waals surface area contributed by atoms with Gasteiger partial charge in [0.25, 0.3) is 0 Å². The Morgan fingerprint density at radius 2 is 1.09 bits per heavy atom. The van der Waals surface area contributed by atoms with Crippen molar-refractivity contribution in [1.82, 2.24) is 0 Å². The molecule has 0 aromatic heterocycles. The van der Waals surface area contributed by atoms with E-state index in [1.807, 2.05) is 0 Å². The average Bonchev–Trinajstić information content (AvgIpc) is 3.41. The number of unbranched alkanes of at least 4 members (excludes halogenated alkanes) is 9. The summed E-state index contributed by atoms with van der Waals surface area (Å²) in [5.41, 5.74) is 0. The number of epoxide rings is 1. The Labute approximate surface area is 137 Å². The fourth-order valence-corrected chi connectivity index (χ4v) is 2.74. The van der Waals surface area contributed by atoms with Crippen LogP contribution in [0.3, 0.4) is 0 Å². The van der Waals surface area contributed by atoms with E-state index in [4.69, 9.17) is 14.2 Å². The van der Waals surface area contributed by atoms with Crippen molar-refractivity contribution in [3.63, 3.8) is 0 Å². The smallest absolute Gasteiger partial charge is 0.104 e. The zero-order chi connectivity index (χ0) is 15.3. The SMILES string of the molecule is C(CCCCCCOCC1CO1)CCCCCOCC1CC1. The molecule has 1 aliphatic carbocycles. The van der Waals surface area contributed by atoms with E-state index in [9.17, 15) is 0 Å². The van der Waals surface area contributed by atoms with E-state index in [0.717, 1.165) is 39.0 Å². The van der Waals surface area contributed by atoms with Gasteiger partial charge in [-0.25, -0.2) is 0 Å². The molecule has 1 saturated heterocycles. The molecule has 0 aromatic rings. The third-order valence-corrected chi connectivity index (χ3v) is 4.58. The molecule has 130 valence electrons.